The zero-order valence-corrected chi connectivity index (χ0v) is 23.0. The van der Waals surface area contributed by atoms with E-state index in [-0.39, 0.29) is 17.7 Å². The van der Waals surface area contributed by atoms with Crippen molar-refractivity contribution in [2.75, 3.05) is 54.5 Å². The van der Waals surface area contributed by atoms with Crippen molar-refractivity contribution in [2.24, 2.45) is 0 Å². The van der Waals surface area contributed by atoms with E-state index in [2.05, 4.69) is 0 Å². The van der Waals surface area contributed by atoms with Crippen molar-refractivity contribution in [1.29, 1.82) is 0 Å². The van der Waals surface area contributed by atoms with Crippen LogP contribution >= 0.6 is 0 Å². The summed E-state index contributed by atoms with van der Waals surface area (Å²) in [5, 5.41) is 0. The summed E-state index contributed by atoms with van der Waals surface area (Å²) in [6.45, 7) is 0. The fraction of sp³-hybridized carbons (Fsp3) is 0.345. The van der Waals surface area contributed by atoms with Crippen LogP contribution in [0.1, 0.15) is 27.6 Å². The van der Waals surface area contributed by atoms with Crippen LogP contribution in [0.3, 0.4) is 0 Å². The number of halogens is 1. The van der Waals surface area contributed by atoms with E-state index >= 15 is 0 Å². The second-order valence-corrected chi connectivity index (χ2v) is 9.01. The smallest absolute Gasteiger partial charge is 0.338 e. The van der Waals surface area contributed by atoms with E-state index in [4.69, 9.17) is 33.2 Å². The van der Waals surface area contributed by atoms with E-state index < -0.39 is 24.0 Å². The van der Waals surface area contributed by atoms with Gasteiger partial charge in [0.05, 0.1) is 46.8 Å². The van der Waals surface area contributed by atoms with E-state index in [1.165, 1.54) is 39.5 Å². The SMILES string of the molecule is COc1cc(OC)c2c(c1)O[C@H](c1cc(OC)c(OC)c(OC)c1)[C@H](OC(=O)c1ccc(F)c(N(C)C)c1)C2. The summed E-state index contributed by atoms with van der Waals surface area (Å²) in [7, 11) is 11.0. The zero-order chi connectivity index (χ0) is 28.3. The molecule has 0 spiro atoms. The molecule has 3 aromatic rings. The number of rotatable bonds is 9. The Labute approximate surface area is 226 Å². The second-order valence-electron chi connectivity index (χ2n) is 9.01. The van der Waals surface area contributed by atoms with Crippen LogP contribution in [0.15, 0.2) is 42.5 Å². The quantitative estimate of drug-likeness (QED) is 0.354. The molecule has 4 rings (SSSR count). The highest BCUT2D eigenvalue weighted by atomic mass is 19.1. The molecule has 1 heterocycles. The first-order valence-electron chi connectivity index (χ1n) is 12.1. The van der Waals surface area contributed by atoms with Crippen molar-refractivity contribution >= 4 is 11.7 Å². The summed E-state index contributed by atoms with van der Waals surface area (Å²) in [4.78, 5) is 14.9. The van der Waals surface area contributed by atoms with Gasteiger partial charge in [0.1, 0.15) is 29.2 Å². The van der Waals surface area contributed by atoms with Crippen LogP contribution in [-0.4, -0.2) is 61.7 Å². The van der Waals surface area contributed by atoms with Gasteiger partial charge in [-0.1, -0.05) is 0 Å². The Morgan fingerprint density at radius 2 is 1.54 bits per heavy atom. The minimum Gasteiger partial charge on any atom is -0.496 e. The Morgan fingerprint density at radius 1 is 0.872 bits per heavy atom. The number of fused-ring (bicyclic) bond motifs is 1. The fourth-order valence-corrected chi connectivity index (χ4v) is 4.56. The third kappa shape index (κ3) is 5.45. The number of hydrogen-bond donors (Lipinski definition) is 0. The third-order valence-corrected chi connectivity index (χ3v) is 6.53. The van der Waals surface area contributed by atoms with E-state index in [0.717, 1.165) is 0 Å². The third-order valence-electron chi connectivity index (χ3n) is 6.53. The molecule has 0 N–H and O–H groups in total. The van der Waals surface area contributed by atoms with Crippen molar-refractivity contribution < 1.29 is 42.3 Å². The molecule has 1 aliphatic rings. The van der Waals surface area contributed by atoms with Gasteiger partial charge in [0.2, 0.25) is 5.75 Å². The number of carbonyl (C=O) groups is 1. The summed E-state index contributed by atoms with van der Waals surface area (Å²) >= 11 is 0. The molecule has 0 aliphatic carbocycles. The number of hydrogen-bond acceptors (Lipinski definition) is 9. The summed E-state index contributed by atoms with van der Waals surface area (Å²) in [6, 6.07) is 11.1. The number of carbonyl (C=O) groups excluding carboxylic acids is 1. The van der Waals surface area contributed by atoms with Crippen LogP contribution in [0, 0.1) is 5.82 Å². The molecule has 9 nitrogen and oxygen atoms in total. The molecule has 0 aromatic heterocycles. The zero-order valence-electron chi connectivity index (χ0n) is 23.0. The molecule has 10 heteroatoms. The first kappa shape index (κ1) is 27.7. The molecular weight excluding hydrogens is 509 g/mol. The van der Waals surface area contributed by atoms with Crippen molar-refractivity contribution in [2.45, 2.75) is 18.6 Å². The molecule has 0 unspecified atom stereocenters. The van der Waals surface area contributed by atoms with E-state index in [9.17, 15) is 9.18 Å². The lowest BCUT2D eigenvalue weighted by atomic mass is 9.93. The normalized spacial score (nSPS) is 15.9. The maximum absolute atomic E-state index is 14.3. The molecule has 0 amide bonds. The molecule has 39 heavy (non-hydrogen) atoms. The molecule has 0 saturated carbocycles. The molecule has 0 fully saturated rings. The van der Waals surface area contributed by atoms with Gasteiger partial charge in [0.25, 0.3) is 0 Å². The average Bonchev–Trinajstić information content (AvgIpc) is 2.95. The van der Waals surface area contributed by atoms with Crippen molar-refractivity contribution in [3.63, 3.8) is 0 Å². The Bertz CT molecular complexity index is 1330. The maximum Gasteiger partial charge on any atom is 0.338 e. The van der Waals surface area contributed by atoms with Crippen LogP contribution in [0.2, 0.25) is 0 Å². The highest BCUT2D eigenvalue weighted by molar-refractivity contribution is 5.90. The molecule has 0 radical (unpaired) electrons. The Kier molecular flexibility index (Phi) is 8.23. The first-order valence-corrected chi connectivity index (χ1v) is 12.1. The number of anilines is 1. The van der Waals surface area contributed by atoms with Gasteiger partial charge in [0.15, 0.2) is 17.6 Å². The molecule has 2 atom stereocenters. The van der Waals surface area contributed by atoms with Gasteiger partial charge in [-0.3, -0.25) is 0 Å². The van der Waals surface area contributed by atoms with Crippen LogP contribution in [0.25, 0.3) is 0 Å². The Morgan fingerprint density at radius 3 is 2.10 bits per heavy atom. The first-order chi connectivity index (χ1) is 18.7. The number of benzene rings is 3. The topological polar surface area (TPSA) is 84.9 Å². The Balaban J connectivity index is 1.80. The summed E-state index contributed by atoms with van der Waals surface area (Å²) in [5.41, 5.74) is 1.82. The minimum atomic E-state index is -0.789. The number of esters is 1. The summed E-state index contributed by atoms with van der Waals surface area (Å²) in [5.74, 6) is 1.79. The van der Waals surface area contributed by atoms with Gasteiger partial charge in [-0.25, -0.2) is 9.18 Å². The number of nitrogens with zero attached hydrogens (tertiary/aromatic N) is 1. The van der Waals surface area contributed by atoms with Crippen LogP contribution < -0.4 is 33.3 Å². The van der Waals surface area contributed by atoms with Crippen LogP contribution in [0.4, 0.5) is 10.1 Å². The van der Waals surface area contributed by atoms with Gasteiger partial charge < -0.3 is 38.1 Å². The lowest BCUT2D eigenvalue weighted by molar-refractivity contribution is -0.0188. The highest BCUT2D eigenvalue weighted by Gasteiger charge is 2.38. The maximum atomic E-state index is 14.3. The van der Waals surface area contributed by atoms with Crippen molar-refractivity contribution in [3.8, 4) is 34.5 Å². The van der Waals surface area contributed by atoms with Crippen molar-refractivity contribution in [3.05, 3.63) is 65.0 Å². The fourth-order valence-electron chi connectivity index (χ4n) is 4.56. The second kappa shape index (κ2) is 11.6. The number of ether oxygens (including phenoxy) is 7. The van der Waals surface area contributed by atoms with Crippen molar-refractivity contribution in [1.82, 2.24) is 0 Å². The molecule has 208 valence electrons. The van der Waals surface area contributed by atoms with Crippen LogP contribution in [0.5, 0.6) is 34.5 Å². The van der Waals surface area contributed by atoms with E-state index in [1.54, 1.807) is 57.5 Å². The molecule has 0 bridgehead atoms. The van der Waals surface area contributed by atoms with Gasteiger partial charge in [-0.15, -0.1) is 0 Å². The largest absolute Gasteiger partial charge is 0.496 e. The molecule has 0 saturated heterocycles. The predicted octanol–water partition coefficient (Wildman–Crippen LogP) is 4.84. The van der Waals surface area contributed by atoms with Gasteiger partial charge in [0, 0.05) is 43.8 Å². The standard InChI is InChI=1S/C29H32FNO8/c1-31(2)21-10-16(8-9-20(21)30)29(32)39-26-15-19-22(34-4)13-18(33-3)14-23(19)38-27(26)17-11-24(35-5)28(37-7)25(12-17)36-6/h8-14,26-27H,15H2,1-7H3/t26-,27-/m1/s1. The molecule has 1 aliphatic heterocycles. The van der Waals surface area contributed by atoms with Crippen LogP contribution in [-0.2, 0) is 11.2 Å². The summed E-state index contributed by atoms with van der Waals surface area (Å²) in [6.07, 6.45) is -1.28. The highest BCUT2D eigenvalue weighted by Crippen LogP contribution is 2.46. The average molecular weight is 542 g/mol. The van der Waals surface area contributed by atoms with E-state index in [0.29, 0.717) is 45.6 Å². The van der Waals surface area contributed by atoms with E-state index in [1.807, 2.05) is 0 Å². The minimum absolute atomic E-state index is 0.205. The number of methoxy groups -OCH3 is 5. The monoisotopic (exact) mass is 541 g/mol. The predicted molar refractivity (Wildman–Crippen MR) is 143 cm³/mol. The van der Waals surface area contributed by atoms with Gasteiger partial charge in [-0.2, -0.15) is 0 Å². The van der Waals surface area contributed by atoms with Gasteiger partial charge in [-0.05, 0) is 30.3 Å². The van der Waals surface area contributed by atoms with Gasteiger partial charge >= 0.3 is 5.97 Å². The molecule has 3 aromatic carbocycles. The molecular formula is C29H32FNO8. The summed E-state index contributed by atoms with van der Waals surface area (Å²) < 4.78 is 54.3. The lowest BCUT2D eigenvalue weighted by Crippen LogP contribution is -2.35. The Hall–Kier alpha value is -4.34. The lowest BCUT2D eigenvalue weighted by Gasteiger charge is -2.34.